The Balaban J connectivity index is 1.59. The van der Waals surface area contributed by atoms with Crippen LogP contribution in [0.3, 0.4) is 0 Å². The number of hydrogen-bond acceptors (Lipinski definition) is 3. The molecule has 1 aromatic heterocycles. The average Bonchev–Trinajstić information content (AvgIpc) is 2.61. The van der Waals surface area contributed by atoms with E-state index in [1.54, 1.807) is 24.3 Å². The summed E-state index contributed by atoms with van der Waals surface area (Å²) in [6.07, 6.45) is 3.99. The SMILES string of the molecule is NC(=O)c1ccccc1CC[CH]C(=O)Nc1cnc2ccc(F)cc2c1. The van der Waals surface area contributed by atoms with Crippen molar-refractivity contribution in [3.05, 3.63) is 78.1 Å². The fourth-order valence-corrected chi connectivity index (χ4v) is 2.70. The maximum absolute atomic E-state index is 13.3. The number of primary amides is 1. The van der Waals surface area contributed by atoms with Crippen LogP contribution in [0.5, 0.6) is 0 Å². The van der Waals surface area contributed by atoms with E-state index in [4.69, 9.17) is 5.73 Å². The van der Waals surface area contributed by atoms with Crippen molar-refractivity contribution >= 4 is 28.4 Å². The molecule has 3 rings (SSSR count). The van der Waals surface area contributed by atoms with Gasteiger partial charge in [-0.3, -0.25) is 14.6 Å². The van der Waals surface area contributed by atoms with E-state index in [0.717, 1.165) is 5.56 Å². The number of hydrogen-bond donors (Lipinski definition) is 2. The van der Waals surface area contributed by atoms with Crippen molar-refractivity contribution in [3.8, 4) is 0 Å². The highest BCUT2D eigenvalue weighted by Crippen LogP contribution is 2.18. The first-order chi connectivity index (χ1) is 12.5. The van der Waals surface area contributed by atoms with Gasteiger partial charge < -0.3 is 11.1 Å². The molecule has 0 aliphatic rings. The Morgan fingerprint density at radius 1 is 1.15 bits per heavy atom. The highest BCUT2D eigenvalue weighted by atomic mass is 19.1. The van der Waals surface area contributed by atoms with E-state index in [0.29, 0.717) is 35.0 Å². The Hall–Kier alpha value is -3.28. The number of aryl methyl sites for hydroxylation is 1. The van der Waals surface area contributed by atoms with Gasteiger partial charge in [-0.15, -0.1) is 0 Å². The lowest BCUT2D eigenvalue weighted by atomic mass is 10.0. The Bertz CT molecular complexity index is 972. The largest absolute Gasteiger partial charge is 0.366 e. The van der Waals surface area contributed by atoms with Crippen molar-refractivity contribution in [2.45, 2.75) is 12.8 Å². The van der Waals surface area contributed by atoms with Crippen molar-refractivity contribution in [3.63, 3.8) is 0 Å². The van der Waals surface area contributed by atoms with Crippen LogP contribution >= 0.6 is 0 Å². The number of pyridine rings is 1. The quantitative estimate of drug-likeness (QED) is 0.716. The molecular formula is C20H17FN3O2. The van der Waals surface area contributed by atoms with Crippen LogP contribution in [-0.2, 0) is 11.2 Å². The molecule has 1 radical (unpaired) electrons. The predicted molar refractivity (Wildman–Crippen MR) is 97.9 cm³/mol. The summed E-state index contributed by atoms with van der Waals surface area (Å²) in [7, 11) is 0. The second kappa shape index (κ2) is 7.74. The van der Waals surface area contributed by atoms with Crippen LogP contribution in [0.4, 0.5) is 10.1 Å². The zero-order chi connectivity index (χ0) is 18.5. The summed E-state index contributed by atoms with van der Waals surface area (Å²) in [6, 6.07) is 13.0. The summed E-state index contributed by atoms with van der Waals surface area (Å²) >= 11 is 0. The average molecular weight is 350 g/mol. The molecule has 0 bridgehead atoms. The number of nitrogens with one attached hydrogen (secondary N) is 1. The first-order valence-corrected chi connectivity index (χ1v) is 8.10. The minimum absolute atomic E-state index is 0.292. The number of nitrogens with two attached hydrogens (primary N) is 1. The molecule has 0 spiro atoms. The number of amides is 2. The summed E-state index contributed by atoms with van der Waals surface area (Å²) < 4.78 is 13.3. The van der Waals surface area contributed by atoms with Gasteiger partial charge in [-0.25, -0.2) is 4.39 Å². The standard InChI is InChI=1S/C20H17FN3O2/c21-15-8-9-18-14(10-15)11-16(12-23-18)24-19(25)7-3-5-13-4-1-2-6-17(13)20(22)26/h1-2,4,6-12H,3,5H2,(H2,22,26)(H,24,25). The van der Waals surface area contributed by atoms with Gasteiger partial charge in [0, 0.05) is 10.9 Å². The van der Waals surface area contributed by atoms with E-state index >= 15 is 0 Å². The molecule has 5 nitrogen and oxygen atoms in total. The van der Waals surface area contributed by atoms with Crippen LogP contribution in [0.2, 0.25) is 0 Å². The highest BCUT2D eigenvalue weighted by Gasteiger charge is 2.09. The van der Waals surface area contributed by atoms with Gasteiger partial charge >= 0.3 is 0 Å². The Morgan fingerprint density at radius 2 is 1.96 bits per heavy atom. The number of halogens is 1. The maximum Gasteiger partial charge on any atom is 0.248 e. The number of fused-ring (bicyclic) bond motifs is 1. The number of nitrogens with zero attached hydrogens (tertiary/aromatic N) is 1. The Labute approximate surface area is 150 Å². The minimum Gasteiger partial charge on any atom is -0.366 e. The molecule has 0 fully saturated rings. The highest BCUT2D eigenvalue weighted by molar-refractivity contribution is 5.98. The zero-order valence-corrected chi connectivity index (χ0v) is 13.9. The molecule has 2 amide bonds. The van der Waals surface area contributed by atoms with Crippen molar-refractivity contribution in [2.75, 3.05) is 5.32 Å². The van der Waals surface area contributed by atoms with Gasteiger partial charge in [0.1, 0.15) is 5.82 Å². The van der Waals surface area contributed by atoms with E-state index in [9.17, 15) is 14.0 Å². The predicted octanol–water partition coefficient (Wildman–Crippen LogP) is 3.25. The fourth-order valence-electron chi connectivity index (χ4n) is 2.70. The molecule has 131 valence electrons. The fraction of sp³-hybridized carbons (Fsp3) is 0.100. The van der Waals surface area contributed by atoms with Gasteiger partial charge in [-0.1, -0.05) is 18.2 Å². The number of rotatable bonds is 6. The van der Waals surface area contributed by atoms with Crippen LogP contribution in [-0.4, -0.2) is 16.8 Å². The smallest absolute Gasteiger partial charge is 0.248 e. The van der Waals surface area contributed by atoms with Crippen molar-refractivity contribution in [1.29, 1.82) is 0 Å². The van der Waals surface area contributed by atoms with Crippen LogP contribution in [0, 0.1) is 12.2 Å². The van der Waals surface area contributed by atoms with Crippen molar-refractivity contribution < 1.29 is 14.0 Å². The molecule has 0 aliphatic carbocycles. The molecule has 0 atom stereocenters. The number of carbonyl (C=O) groups excluding carboxylic acids is 2. The number of benzene rings is 2. The first kappa shape index (κ1) is 17.5. The molecule has 0 aliphatic heterocycles. The molecule has 26 heavy (non-hydrogen) atoms. The van der Waals surface area contributed by atoms with Crippen molar-refractivity contribution in [1.82, 2.24) is 4.98 Å². The molecule has 6 heteroatoms. The summed E-state index contributed by atoms with van der Waals surface area (Å²) in [5, 5.41) is 3.32. The maximum atomic E-state index is 13.3. The van der Waals surface area contributed by atoms with Gasteiger partial charge in [-0.2, -0.15) is 0 Å². The third-order valence-corrected chi connectivity index (χ3v) is 3.94. The third-order valence-electron chi connectivity index (χ3n) is 3.94. The lowest BCUT2D eigenvalue weighted by molar-refractivity contribution is -0.113. The number of aromatic nitrogens is 1. The Kier molecular flexibility index (Phi) is 5.22. The van der Waals surface area contributed by atoms with Gasteiger partial charge in [0.2, 0.25) is 11.8 Å². The van der Waals surface area contributed by atoms with E-state index in [-0.39, 0.29) is 11.7 Å². The number of anilines is 1. The van der Waals surface area contributed by atoms with Gasteiger partial charge in [0.15, 0.2) is 0 Å². The zero-order valence-electron chi connectivity index (χ0n) is 13.9. The molecular weight excluding hydrogens is 333 g/mol. The van der Waals surface area contributed by atoms with Crippen LogP contribution in [0.15, 0.2) is 54.7 Å². The number of carbonyl (C=O) groups is 2. The third kappa shape index (κ3) is 4.22. The van der Waals surface area contributed by atoms with Crippen LogP contribution in [0.1, 0.15) is 22.3 Å². The second-order valence-electron chi connectivity index (χ2n) is 5.81. The van der Waals surface area contributed by atoms with Gasteiger partial charge in [0.25, 0.3) is 0 Å². The van der Waals surface area contributed by atoms with Crippen LogP contribution < -0.4 is 11.1 Å². The summed E-state index contributed by atoms with van der Waals surface area (Å²) in [5.74, 6) is -1.14. The van der Waals surface area contributed by atoms with E-state index in [2.05, 4.69) is 10.3 Å². The minimum atomic E-state index is -0.487. The lowest BCUT2D eigenvalue weighted by Crippen LogP contribution is -2.15. The molecule has 0 unspecified atom stereocenters. The summed E-state index contributed by atoms with van der Waals surface area (Å²) in [4.78, 5) is 27.6. The van der Waals surface area contributed by atoms with E-state index in [1.165, 1.54) is 24.8 Å². The van der Waals surface area contributed by atoms with Crippen LogP contribution in [0.25, 0.3) is 10.9 Å². The molecule has 2 aromatic carbocycles. The Morgan fingerprint density at radius 3 is 2.77 bits per heavy atom. The topological polar surface area (TPSA) is 85.1 Å². The molecule has 3 N–H and O–H groups in total. The monoisotopic (exact) mass is 350 g/mol. The van der Waals surface area contributed by atoms with E-state index in [1.807, 2.05) is 12.1 Å². The second-order valence-corrected chi connectivity index (χ2v) is 5.81. The van der Waals surface area contributed by atoms with Gasteiger partial charge in [-0.05, 0) is 48.7 Å². The molecule has 0 saturated heterocycles. The first-order valence-electron chi connectivity index (χ1n) is 8.10. The normalized spacial score (nSPS) is 10.7. The van der Waals surface area contributed by atoms with E-state index < -0.39 is 5.91 Å². The summed E-state index contributed by atoms with van der Waals surface area (Å²) in [5.41, 5.74) is 7.74. The molecule has 0 saturated carbocycles. The lowest BCUT2D eigenvalue weighted by Gasteiger charge is -2.08. The molecule has 1 heterocycles. The summed E-state index contributed by atoms with van der Waals surface area (Å²) in [6.45, 7) is 0. The van der Waals surface area contributed by atoms with Gasteiger partial charge in [0.05, 0.1) is 23.8 Å². The molecule has 3 aromatic rings. The van der Waals surface area contributed by atoms with Crippen molar-refractivity contribution in [2.24, 2.45) is 5.73 Å².